The van der Waals surface area contributed by atoms with Crippen molar-refractivity contribution in [1.29, 1.82) is 0 Å². The van der Waals surface area contributed by atoms with Crippen LogP contribution in [-0.2, 0) is 6.42 Å². The highest BCUT2D eigenvalue weighted by atomic mass is 16.2. The monoisotopic (exact) mass is 204 g/mol. The lowest BCUT2D eigenvalue weighted by Gasteiger charge is -2.09. The second-order valence-corrected chi connectivity index (χ2v) is 4.55. The van der Waals surface area contributed by atoms with Gasteiger partial charge in [-0.25, -0.2) is 0 Å². The fourth-order valence-corrected chi connectivity index (χ4v) is 2.50. The zero-order valence-corrected chi connectivity index (χ0v) is 9.28. The second kappa shape index (κ2) is 5.32. The summed E-state index contributed by atoms with van der Waals surface area (Å²) >= 11 is 0. The van der Waals surface area contributed by atoms with E-state index in [9.17, 15) is 0 Å². The van der Waals surface area contributed by atoms with Gasteiger partial charge in [-0.1, -0.05) is 37.1 Å². The van der Waals surface area contributed by atoms with E-state index in [0.29, 0.717) is 6.61 Å². The standard InChI is InChI=1S/C14H20O/c15-11-3-4-12-7-9-14(10-8-12)13-5-1-2-6-13/h7-10,13,15H,1-6,11H2. The van der Waals surface area contributed by atoms with E-state index in [1.54, 1.807) is 0 Å². The van der Waals surface area contributed by atoms with Crippen molar-refractivity contribution in [2.75, 3.05) is 6.61 Å². The first kappa shape index (κ1) is 10.7. The van der Waals surface area contributed by atoms with Crippen LogP contribution >= 0.6 is 0 Å². The number of rotatable bonds is 4. The lowest BCUT2D eigenvalue weighted by molar-refractivity contribution is 0.288. The molecule has 0 spiro atoms. The third-order valence-electron chi connectivity index (χ3n) is 3.43. The Labute approximate surface area is 92.1 Å². The Morgan fingerprint density at radius 2 is 1.73 bits per heavy atom. The van der Waals surface area contributed by atoms with Gasteiger partial charge in [0.1, 0.15) is 0 Å². The van der Waals surface area contributed by atoms with Gasteiger partial charge in [0, 0.05) is 6.61 Å². The third kappa shape index (κ3) is 2.82. The smallest absolute Gasteiger partial charge is 0.0434 e. The number of hydrogen-bond acceptors (Lipinski definition) is 1. The van der Waals surface area contributed by atoms with Gasteiger partial charge in [-0.2, -0.15) is 0 Å². The summed E-state index contributed by atoms with van der Waals surface area (Å²) in [4.78, 5) is 0. The minimum atomic E-state index is 0.296. The van der Waals surface area contributed by atoms with Gasteiger partial charge < -0.3 is 5.11 Å². The first-order valence-electron chi connectivity index (χ1n) is 6.10. The molecular weight excluding hydrogens is 184 g/mol. The van der Waals surface area contributed by atoms with Gasteiger partial charge in [0.05, 0.1) is 0 Å². The molecule has 0 bridgehead atoms. The molecule has 82 valence electrons. The van der Waals surface area contributed by atoms with Crippen LogP contribution in [0.3, 0.4) is 0 Å². The molecule has 0 saturated heterocycles. The Balaban J connectivity index is 1.96. The second-order valence-electron chi connectivity index (χ2n) is 4.55. The molecule has 1 aliphatic carbocycles. The largest absolute Gasteiger partial charge is 0.396 e. The van der Waals surface area contributed by atoms with Crippen molar-refractivity contribution < 1.29 is 5.11 Å². The van der Waals surface area contributed by atoms with E-state index in [2.05, 4.69) is 24.3 Å². The molecule has 1 aliphatic rings. The van der Waals surface area contributed by atoms with Crippen molar-refractivity contribution in [1.82, 2.24) is 0 Å². The molecule has 1 aromatic carbocycles. The van der Waals surface area contributed by atoms with E-state index in [1.165, 1.54) is 36.8 Å². The Morgan fingerprint density at radius 1 is 1.07 bits per heavy atom. The summed E-state index contributed by atoms with van der Waals surface area (Å²) in [6.07, 6.45) is 7.42. The number of benzene rings is 1. The minimum Gasteiger partial charge on any atom is -0.396 e. The molecule has 0 amide bonds. The summed E-state index contributed by atoms with van der Waals surface area (Å²) < 4.78 is 0. The fourth-order valence-electron chi connectivity index (χ4n) is 2.50. The van der Waals surface area contributed by atoms with E-state index in [1.807, 2.05) is 0 Å². The predicted molar refractivity (Wildman–Crippen MR) is 63.1 cm³/mol. The number of hydrogen-bond donors (Lipinski definition) is 1. The Hall–Kier alpha value is -0.820. The van der Waals surface area contributed by atoms with Gasteiger partial charge in [0.2, 0.25) is 0 Å². The van der Waals surface area contributed by atoms with Crippen LogP contribution in [0.5, 0.6) is 0 Å². The van der Waals surface area contributed by atoms with Gasteiger partial charge in [-0.3, -0.25) is 0 Å². The average Bonchev–Trinajstić information content (AvgIpc) is 2.80. The molecule has 0 aromatic heterocycles. The molecule has 0 aliphatic heterocycles. The number of aryl methyl sites for hydroxylation is 1. The molecule has 0 atom stereocenters. The molecular formula is C14H20O. The molecule has 1 heteroatoms. The van der Waals surface area contributed by atoms with Crippen molar-refractivity contribution in [3.05, 3.63) is 35.4 Å². The molecule has 0 heterocycles. The van der Waals surface area contributed by atoms with E-state index < -0.39 is 0 Å². The van der Waals surface area contributed by atoms with Crippen molar-refractivity contribution >= 4 is 0 Å². The van der Waals surface area contributed by atoms with E-state index >= 15 is 0 Å². The van der Waals surface area contributed by atoms with Crippen molar-refractivity contribution in [2.24, 2.45) is 0 Å². The lowest BCUT2D eigenvalue weighted by atomic mass is 9.96. The third-order valence-corrected chi connectivity index (χ3v) is 3.43. The van der Waals surface area contributed by atoms with Crippen LogP contribution < -0.4 is 0 Å². The molecule has 1 aromatic rings. The van der Waals surface area contributed by atoms with Crippen LogP contribution in [0, 0.1) is 0 Å². The normalized spacial score (nSPS) is 17.1. The number of aliphatic hydroxyl groups excluding tert-OH is 1. The maximum absolute atomic E-state index is 8.75. The molecule has 0 unspecified atom stereocenters. The van der Waals surface area contributed by atoms with Gasteiger partial charge >= 0.3 is 0 Å². The quantitative estimate of drug-likeness (QED) is 0.798. The highest BCUT2D eigenvalue weighted by molar-refractivity contribution is 5.26. The summed E-state index contributed by atoms with van der Waals surface area (Å²) in [6, 6.07) is 9.01. The first-order valence-corrected chi connectivity index (χ1v) is 6.10. The van der Waals surface area contributed by atoms with Crippen molar-refractivity contribution in [3.63, 3.8) is 0 Å². The lowest BCUT2D eigenvalue weighted by Crippen LogP contribution is -1.94. The average molecular weight is 204 g/mol. The summed E-state index contributed by atoms with van der Waals surface area (Å²) in [5, 5.41) is 8.75. The van der Waals surface area contributed by atoms with Crippen LogP contribution in [-0.4, -0.2) is 11.7 Å². The SMILES string of the molecule is OCCCc1ccc(C2CCCC2)cc1. The minimum absolute atomic E-state index is 0.296. The summed E-state index contributed by atoms with van der Waals surface area (Å²) in [5.74, 6) is 0.817. The summed E-state index contributed by atoms with van der Waals surface area (Å²) in [7, 11) is 0. The number of aliphatic hydroxyl groups is 1. The summed E-state index contributed by atoms with van der Waals surface area (Å²) in [5.41, 5.74) is 2.87. The maximum atomic E-state index is 8.75. The maximum Gasteiger partial charge on any atom is 0.0434 e. The molecule has 1 nitrogen and oxygen atoms in total. The van der Waals surface area contributed by atoms with Gasteiger partial charge in [0.15, 0.2) is 0 Å². The van der Waals surface area contributed by atoms with Crippen molar-refractivity contribution in [3.8, 4) is 0 Å². The highest BCUT2D eigenvalue weighted by Gasteiger charge is 2.16. The zero-order valence-electron chi connectivity index (χ0n) is 9.28. The fraction of sp³-hybridized carbons (Fsp3) is 0.571. The molecule has 15 heavy (non-hydrogen) atoms. The first-order chi connectivity index (χ1) is 7.40. The van der Waals surface area contributed by atoms with Crippen LogP contribution in [0.25, 0.3) is 0 Å². The van der Waals surface area contributed by atoms with Gasteiger partial charge in [0.25, 0.3) is 0 Å². The van der Waals surface area contributed by atoms with E-state index in [4.69, 9.17) is 5.11 Å². The Morgan fingerprint density at radius 3 is 2.33 bits per heavy atom. The van der Waals surface area contributed by atoms with E-state index in [-0.39, 0.29) is 0 Å². The van der Waals surface area contributed by atoms with Gasteiger partial charge in [-0.05, 0) is 42.7 Å². The van der Waals surface area contributed by atoms with Crippen LogP contribution in [0.2, 0.25) is 0 Å². The van der Waals surface area contributed by atoms with E-state index in [0.717, 1.165) is 18.8 Å². The summed E-state index contributed by atoms with van der Waals surface area (Å²) in [6.45, 7) is 0.296. The highest BCUT2D eigenvalue weighted by Crippen LogP contribution is 2.33. The molecule has 1 fully saturated rings. The molecule has 0 radical (unpaired) electrons. The van der Waals surface area contributed by atoms with Crippen molar-refractivity contribution in [2.45, 2.75) is 44.4 Å². The molecule has 1 N–H and O–H groups in total. The topological polar surface area (TPSA) is 20.2 Å². The zero-order chi connectivity index (χ0) is 10.5. The van der Waals surface area contributed by atoms with Gasteiger partial charge in [-0.15, -0.1) is 0 Å². The van der Waals surface area contributed by atoms with Crippen LogP contribution in [0.1, 0.15) is 49.1 Å². The Bertz CT molecular complexity index is 283. The Kier molecular flexibility index (Phi) is 3.79. The molecule has 2 rings (SSSR count). The van der Waals surface area contributed by atoms with Crippen LogP contribution in [0.15, 0.2) is 24.3 Å². The predicted octanol–water partition coefficient (Wildman–Crippen LogP) is 3.27. The van der Waals surface area contributed by atoms with Crippen LogP contribution in [0.4, 0.5) is 0 Å². The molecule has 1 saturated carbocycles.